The lowest BCUT2D eigenvalue weighted by Crippen LogP contribution is -2.32. The van der Waals surface area contributed by atoms with Gasteiger partial charge in [-0.15, -0.1) is 0 Å². The minimum absolute atomic E-state index is 0.190. The van der Waals surface area contributed by atoms with Gasteiger partial charge in [0.25, 0.3) is 0 Å². The smallest absolute Gasteiger partial charge is 0.321 e. The molecular weight excluding hydrogens is 488 g/mol. The highest BCUT2D eigenvalue weighted by molar-refractivity contribution is 9.10. The zero-order chi connectivity index (χ0) is 20.5. The maximum Gasteiger partial charge on any atom is 0.321 e. The van der Waals surface area contributed by atoms with Gasteiger partial charge in [-0.3, -0.25) is 9.59 Å². The molecule has 1 unspecified atom stereocenters. The Balaban J connectivity index is 2.50. The average molecular weight is 510 g/mol. The molecule has 0 aliphatic heterocycles. The van der Waals surface area contributed by atoms with Crippen LogP contribution in [0.25, 0.3) is 6.08 Å². The summed E-state index contributed by atoms with van der Waals surface area (Å²) in [5.74, 6) is -2.80. The van der Waals surface area contributed by atoms with Gasteiger partial charge in [0.05, 0.1) is 13.2 Å². The predicted octanol–water partition coefficient (Wildman–Crippen LogP) is 5.75. The van der Waals surface area contributed by atoms with Gasteiger partial charge in [-0.1, -0.05) is 68.3 Å². The lowest BCUT2D eigenvalue weighted by Gasteiger charge is -2.22. The standard InChI is InChI=1S/C22H22Br2O4/c1-3-27-21(25)20(22(26)28-4-2)19(16-8-6-10-18(24)14-16)12-11-15-7-5-9-17(23)13-15/h5-14,19-20H,3-4H2,1-2H3/b12-11+. The molecule has 0 saturated carbocycles. The molecule has 0 aliphatic rings. The van der Waals surface area contributed by atoms with E-state index in [9.17, 15) is 9.59 Å². The number of ether oxygens (including phenoxy) is 2. The van der Waals surface area contributed by atoms with Crippen LogP contribution in [0, 0.1) is 5.92 Å². The van der Waals surface area contributed by atoms with E-state index in [1.54, 1.807) is 13.8 Å². The van der Waals surface area contributed by atoms with E-state index in [0.29, 0.717) is 0 Å². The Morgan fingerprint density at radius 1 is 0.929 bits per heavy atom. The summed E-state index contributed by atoms with van der Waals surface area (Å²) in [5, 5.41) is 0. The van der Waals surface area contributed by atoms with Crippen LogP contribution in [0.15, 0.2) is 63.6 Å². The van der Waals surface area contributed by atoms with Gasteiger partial charge in [0.15, 0.2) is 5.92 Å². The van der Waals surface area contributed by atoms with Crippen molar-refractivity contribution in [3.8, 4) is 0 Å². The molecule has 4 nitrogen and oxygen atoms in total. The fourth-order valence-electron chi connectivity index (χ4n) is 2.81. The molecule has 0 aromatic heterocycles. The first kappa shape index (κ1) is 22.4. The average Bonchev–Trinajstić information content (AvgIpc) is 2.65. The molecule has 0 radical (unpaired) electrons. The highest BCUT2D eigenvalue weighted by Gasteiger charge is 2.37. The number of carbonyl (C=O) groups excluding carboxylic acids is 2. The van der Waals surface area contributed by atoms with Crippen molar-refractivity contribution in [2.24, 2.45) is 5.92 Å². The fraction of sp³-hybridized carbons (Fsp3) is 0.273. The van der Waals surface area contributed by atoms with Crippen molar-refractivity contribution >= 4 is 49.9 Å². The summed E-state index contributed by atoms with van der Waals surface area (Å²) in [6, 6.07) is 15.3. The van der Waals surface area contributed by atoms with Crippen molar-refractivity contribution in [3.05, 3.63) is 74.7 Å². The summed E-state index contributed by atoms with van der Waals surface area (Å²) in [7, 11) is 0. The van der Waals surface area contributed by atoms with Crippen molar-refractivity contribution in [2.45, 2.75) is 19.8 Å². The van der Waals surface area contributed by atoms with E-state index in [1.165, 1.54) is 0 Å². The van der Waals surface area contributed by atoms with Gasteiger partial charge in [-0.05, 0) is 49.2 Å². The SMILES string of the molecule is CCOC(=O)C(C(=O)OCC)C(/C=C/c1cccc(Br)c1)c1cccc(Br)c1. The molecule has 0 fully saturated rings. The third-order valence-electron chi connectivity index (χ3n) is 4.02. The van der Waals surface area contributed by atoms with Crippen LogP contribution >= 0.6 is 31.9 Å². The van der Waals surface area contributed by atoms with E-state index in [4.69, 9.17) is 9.47 Å². The first-order valence-electron chi connectivity index (χ1n) is 8.98. The lowest BCUT2D eigenvalue weighted by atomic mass is 9.85. The first-order valence-corrected chi connectivity index (χ1v) is 10.6. The Morgan fingerprint density at radius 3 is 2.04 bits per heavy atom. The van der Waals surface area contributed by atoms with E-state index in [-0.39, 0.29) is 13.2 Å². The number of rotatable bonds is 8. The monoisotopic (exact) mass is 508 g/mol. The molecule has 6 heteroatoms. The van der Waals surface area contributed by atoms with Crippen LogP contribution in [-0.4, -0.2) is 25.2 Å². The molecule has 1 atom stereocenters. The molecule has 0 aliphatic carbocycles. The van der Waals surface area contributed by atoms with E-state index in [2.05, 4.69) is 31.9 Å². The maximum absolute atomic E-state index is 12.6. The number of benzene rings is 2. The second kappa shape index (κ2) is 11.2. The molecular formula is C22H22Br2O4. The van der Waals surface area contributed by atoms with Crippen LogP contribution in [0.5, 0.6) is 0 Å². The zero-order valence-electron chi connectivity index (χ0n) is 15.7. The van der Waals surface area contributed by atoms with Crippen molar-refractivity contribution in [1.29, 1.82) is 0 Å². The Hall–Kier alpha value is -1.92. The summed E-state index contributed by atoms with van der Waals surface area (Å²) in [6.45, 7) is 3.81. The Bertz CT molecular complexity index is 830. The summed E-state index contributed by atoms with van der Waals surface area (Å²) < 4.78 is 12.2. The Morgan fingerprint density at radius 2 is 1.50 bits per heavy atom. The topological polar surface area (TPSA) is 52.6 Å². The summed E-state index contributed by atoms with van der Waals surface area (Å²) >= 11 is 6.91. The third kappa shape index (κ3) is 6.31. The van der Waals surface area contributed by atoms with Gasteiger partial charge >= 0.3 is 11.9 Å². The molecule has 148 valence electrons. The molecule has 28 heavy (non-hydrogen) atoms. The quantitative estimate of drug-likeness (QED) is 0.335. The molecule has 0 amide bonds. The van der Waals surface area contributed by atoms with Gasteiger partial charge in [0.1, 0.15) is 0 Å². The second-order valence-electron chi connectivity index (χ2n) is 5.98. The van der Waals surface area contributed by atoms with Gasteiger partial charge in [-0.25, -0.2) is 0 Å². The van der Waals surface area contributed by atoms with Gasteiger partial charge in [0.2, 0.25) is 0 Å². The van der Waals surface area contributed by atoms with Gasteiger partial charge < -0.3 is 9.47 Å². The minimum Gasteiger partial charge on any atom is -0.465 e. The molecule has 0 saturated heterocycles. The number of hydrogen-bond acceptors (Lipinski definition) is 4. The molecule has 0 N–H and O–H groups in total. The largest absolute Gasteiger partial charge is 0.465 e. The number of allylic oxidation sites excluding steroid dienone is 1. The molecule has 2 aromatic carbocycles. The van der Waals surface area contributed by atoms with Crippen LogP contribution in [0.4, 0.5) is 0 Å². The molecule has 2 aromatic rings. The van der Waals surface area contributed by atoms with Crippen LogP contribution in [0.3, 0.4) is 0 Å². The van der Waals surface area contributed by atoms with E-state index >= 15 is 0 Å². The van der Waals surface area contributed by atoms with Crippen molar-refractivity contribution in [3.63, 3.8) is 0 Å². The Kier molecular flexibility index (Phi) is 8.93. The predicted molar refractivity (Wildman–Crippen MR) is 117 cm³/mol. The van der Waals surface area contributed by atoms with Crippen molar-refractivity contribution in [1.82, 2.24) is 0 Å². The van der Waals surface area contributed by atoms with E-state index in [1.807, 2.05) is 60.7 Å². The van der Waals surface area contributed by atoms with Crippen LogP contribution < -0.4 is 0 Å². The highest BCUT2D eigenvalue weighted by atomic mass is 79.9. The fourth-order valence-corrected chi connectivity index (χ4v) is 3.64. The maximum atomic E-state index is 12.6. The summed E-state index contributed by atoms with van der Waals surface area (Å²) in [5.41, 5.74) is 1.76. The number of carbonyl (C=O) groups is 2. The van der Waals surface area contributed by atoms with Crippen LogP contribution in [0.2, 0.25) is 0 Å². The minimum atomic E-state index is -1.09. The summed E-state index contributed by atoms with van der Waals surface area (Å²) in [6.07, 6.45) is 3.74. The van der Waals surface area contributed by atoms with Gasteiger partial charge in [0, 0.05) is 14.9 Å². The number of esters is 2. The van der Waals surface area contributed by atoms with Gasteiger partial charge in [-0.2, -0.15) is 0 Å². The third-order valence-corrected chi connectivity index (χ3v) is 5.00. The number of hydrogen-bond donors (Lipinski definition) is 0. The lowest BCUT2D eigenvalue weighted by molar-refractivity contribution is -0.162. The highest BCUT2D eigenvalue weighted by Crippen LogP contribution is 2.31. The number of halogens is 2. The Labute approximate surface area is 182 Å². The van der Waals surface area contributed by atoms with Crippen molar-refractivity contribution in [2.75, 3.05) is 13.2 Å². The second-order valence-corrected chi connectivity index (χ2v) is 7.81. The molecule has 0 heterocycles. The first-order chi connectivity index (χ1) is 13.5. The van der Waals surface area contributed by atoms with E-state index in [0.717, 1.165) is 20.1 Å². The molecule has 2 rings (SSSR count). The van der Waals surface area contributed by atoms with Crippen LogP contribution in [-0.2, 0) is 19.1 Å². The van der Waals surface area contributed by atoms with E-state index < -0.39 is 23.8 Å². The zero-order valence-corrected chi connectivity index (χ0v) is 18.9. The van der Waals surface area contributed by atoms with Crippen LogP contribution in [0.1, 0.15) is 30.9 Å². The van der Waals surface area contributed by atoms with Crippen molar-refractivity contribution < 1.29 is 19.1 Å². The normalized spacial score (nSPS) is 12.2. The summed E-state index contributed by atoms with van der Waals surface area (Å²) in [4.78, 5) is 25.3. The molecule has 0 bridgehead atoms. The molecule has 0 spiro atoms.